The molecule has 0 aliphatic heterocycles. The molecule has 0 spiro atoms. The van der Waals surface area contributed by atoms with Crippen LogP contribution in [0.4, 0.5) is 5.69 Å². The van der Waals surface area contributed by atoms with Crippen molar-refractivity contribution in [1.82, 2.24) is 15.6 Å². The summed E-state index contributed by atoms with van der Waals surface area (Å²) in [5.74, 6) is -0.510. The molecule has 3 N–H and O–H groups in total. The fourth-order valence-corrected chi connectivity index (χ4v) is 2.37. The van der Waals surface area contributed by atoms with Gasteiger partial charge in [0.05, 0.1) is 17.9 Å². The number of hydrogen-bond donors (Lipinski definition) is 3. The van der Waals surface area contributed by atoms with Crippen molar-refractivity contribution in [3.8, 4) is 0 Å². The maximum Gasteiger partial charge on any atom is 0.255 e. The first-order chi connectivity index (χ1) is 12.6. The molecule has 0 bridgehead atoms. The summed E-state index contributed by atoms with van der Waals surface area (Å²) in [6, 6.07) is 8.59. The molecule has 0 atom stereocenters. The largest absolute Gasteiger partial charge is 0.383 e. The Morgan fingerprint density at radius 2 is 1.81 bits per heavy atom. The molecule has 138 valence electrons. The smallest absolute Gasteiger partial charge is 0.255 e. The molecule has 2 aromatic rings. The molecular formula is C19H24N4O3. The Kier molecular flexibility index (Phi) is 7.73. The SMILES string of the molecule is COCCNCCNC(=O)c1cccc(C)c1NC(=O)c1ccncc1. The summed E-state index contributed by atoms with van der Waals surface area (Å²) in [6.07, 6.45) is 3.11. The van der Waals surface area contributed by atoms with Crippen molar-refractivity contribution in [2.45, 2.75) is 6.92 Å². The Morgan fingerprint density at radius 3 is 2.54 bits per heavy atom. The molecule has 7 heteroatoms. The molecule has 0 saturated carbocycles. The number of methoxy groups -OCH3 is 1. The number of rotatable bonds is 9. The summed E-state index contributed by atoms with van der Waals surface area (Å²) in [5, 5.41) is 8.85. The molecule has 0 saturated heterocycles. The number of hydrogen-bond acceptors (Lipinski definition) is 5. The Balaban J connectivity index is 2.01. The lowest BCUT2D eigenvalue weighted by molar-refractivity contribution is 0.0954. The third-order valence-electron chi connectivity index (χ3n) is 3.77. The normalized spacial score (nSPS) is 10.4. The van der Waals surface area contributed by atoms with Crippen LogP contribution in [0.2, 0.25) is 0 Å². The van der Waals surface area contributed by atoms with E-state index in [1.807, 2.05) is 13.0 Å². The lowest BCUT2D eigenvalue weighted by atomic mass is 10.1. The predicted molar refractivity (Wildman–Crippen MR) is 100 cm³/mol. The molecule has 2 amide bonds. The highest BCUT2D eigenvalue weighted by molar-refractivity contribution is 6.09. The van der Waals surface area contributed by atoms with Crippen LogP contribution in [0.3, 0.4) is 0 Å². The number of nitrogens with zero attached hydrogens (tertiary/aromatic N) is 1. The minimum Gasteiger partial charge on any atom is -0.383 e. The molecule has 26 heavy (non-hydrogen) atoms. The summed E-state index contributed by atoms with van der Waals surface area (Å²) in [6.45, 7) is 4.32. The summed E-state index contributed by atoms with van der Waals surface area (Å²) < 4.78 is 4.95. The topological polar surface area (TPSA) is 92.4 Å². The van der Waals surface area contributed by atoms with Crippen molar-refractivity contribution >= 4 is 17.5 Å². The standard InChI is InChI=1S/C19H24N4O3/c1-14-4-3-5-16(19(25)22-11-10-21-12-13-26-2)17(14)23-18(24)15-6-8-20-9-7-15/h3-9,21H,10-13H2,1-2H3,(H,22,25)(H,23,24). The lowest BCUT2D eigenvalue weighted by Gasteiger charge is -2.14. The third-order valence-corrected chi connectivity index (χ3v) is 3.77. The number of nitrogens with one attached hydrogen (secondary N) is 3. The Bertz CT molecular complexity index is 735. The molecule has 1 heterocycles. The highest BCUT2D eigenvalue weighted by atomic mass is 16.5. The van der Waals surface area contributed by atoms with Crippen LogP contribution in [-0.2, 0) is 4.74 Å². The Hall–Kier alpha value is -2.77. The van der Waals surface area contributed by atoms with Gasteiger partial charge in [0, 0.05) is 44.7 Å². The number of aromatic nitrogens is 1. The number of ether oxygens (including phenoxy) is 1. The van der Waals surface area contributed by atoms with E-state index in [1.165, 1.54) is 0 Å². The van der Waals surface area contributed by atoms with Gasteiger partial charge in [-0.2, -0.15) is 0 Å². The fraction of sp³-hybridized carbons (Fsp3) is 0.316. The average Bonchev–Trinajstić information content (AvgIpc) is 2.66. The van der Waals surface area contributed by atoms with Gasteiger partial charge in [0.15, 0.2) is 0 Å². The minimum atomic E-state index is -0.281. The van der Waals surface area contributed by atoms with E-state index < -0.39 is 0 Å². The van der Waals surface area contributed by atoms with Gasteiger partial charge in [-0.15, -0.1) is 0 Å². The molecule has 0 radical (unpaired) electrons. The van der Waals surface area contributed by atoms with E-state index >= 15 is 0 Å². The third kappa shape index (κ3) is 5.65. The fourth-order valence-electron chi connectivity index (χ4n) is 2.37. The zero-order chi connectivity index (χ0) is 18.8. The molecule has 0 fully saturated rings. The van der Waals surface area contributed by atoms with Crippen LogP contribution in [0.25, 0.3) is 0 Å². The quantitative estimate of drug-likeness (QED) is 0.594. The molecule has 2 rings (SSSR count). The van der Waals surface area contributed by atoms with Crippen LogP contribution < -0.4 is 16.0 Å². The van der Waals surface area contributed by atoms with Crippen LogP contribution in [0.15, 0.2) is 42.7 Å². The van der Waals surface area contributed by atoms with E-state index in [1.54, 1.807) is 43.8 Å². The molecule has 0 aliphatic carbocycles. The summed E-state index contributed by atoms with van der Waals surface area (Å²) in [4.78, 5) is 28.8. The van der Waals surface area contributed by atoms with Gasteiger partial charge in [-0.25, -0.2) is 0 Å². The average molecular weight is 356 g/mol. The minimum absolute atomic E-state index is 0.229. The van der Waals surface area contributed by atoms with Crippen molar-refractivity contribution in [1.29, 1.82) is 0 Å². The molecule has 1 aromatic carbocycles. The highest BCUT2D eigenvalue weighted by Crippen LogP contribution is 2.21. The first-order valence-electron chi connectivity index (χ1n) is 8.42. The van der Waals surface area contributed by atoms with Gasteiger partial charge in [-0.3, -0.25) is 14.6 Å². The second-order valence-corrected chi connectivity index (χ2v) is 5.69. The maximum atomic E-state index is 12.5. The van der Waals surface area contributed by atoms with E-state index in [0.717, 1.165) is 12.1 Å². The maximum absolute atomic E-state index is 12.5. The van der Waals surface area contributed by atoms with Crippen LogP contribution in [0.5, 0.6) is 0 Å². The molecular weight excluding hydrogens is 332 g/mol. The second kappa shape index (κ2) is 10.3. The molecule has 7 nitrogen and oxygen atoms in total. The number of carbonyl (C=O) groups is 2. The van der Waals surface area contributed by atoms with Crippen molar-refractivity contribution < 1.29 is 14.3 Å². The van der Waals surface area contributed by atoms with E-state index in [2.05, 4.69) is 20.9 Å². The summed E-state index contributed by atoms with van der Waals surface area (Å²) >= 11 is 0. The molecule has 0 aliphatic rings. The summed E-state index contributed by atoms with van der Waals surface area (Å²) in [7, 11) is 1.64. The molecule has 0 unspecified atom stereocenters. The zero-order valence-electron chi connectivity index (χ0n) is 15.0. The van der Waals surface area contributed by atoms with E-state index in [0.29, 0.717) is 36.5 Å². The lowest BCUT2D eigenvalue weighted by Crippen LogP contribution is -2.33. The van der Waals surface area contributed by atoms with Gasteiger partial charge in [0.1, 0.15) is 0 Å². The van der Waals surface area contributed by atoms with E-state index in [4.69, 9.17) is 4.74 Å². The van der Waals surface area contributed by atoms with Gasteiger partial charge < -0.3 is 20.7 Å². The number of benzene rings is 1. The number of anilines is 1. The number of aryl methyl sites for hydroxylation is 1. The number of amides is 2. The van der Waals surface area contributed by atoms with Crippen LogP contribution >= 0.6 is 0 Å². The Labute approximate surface area is 153 Å². The van der Waals surface area contributed by atoms with Crippen molar-refractivity contribution in [3.63, 3.8) is 0 Å². The van der Waals surface area contributed by atoms with Crippen LogP contribution in [-0.4, -0.2) is 50.1 Å². The monoisotopic (exact) mass is 356 g/mol. The van der Waals surface area contributed by atoms with Gasteiger partial charge in [0.2, 0.25) is 0 Å². The first-order valence-corrected chi connectivity index (χ1v) is 8.42. The van der Waals surface area contributed by atoms with Crippen molar-refractivity contribution in [2.75, 3.05) is 38.7 Å². The van der Waals surface area contributed by atoms with Gasteiger partial charge >= 0.3 is 0 Å². The van der Waals surface area contributed by atoms with Crippen molar-refractivity contribution in [3.05, 3.63) is 59.4 Å². The number of carbonyl (C=O) groups excluding carboxylic acids is 2. The second-order valence-electron chi connectivity index (χ2n) is 5.69. The zero-order valence-corrected chi connectivity index (χ0v) is 15.0. The summed E-state index contributed by atoms with van der Waals surface area (Å²) in [5.41, 5.74) is 2.25. The van der Waals surface area contributed by atoms with Crippen LogP contribution in [0.1, 0.15) is 26.3 Å². The highest BCUT2D eigenvalue weighted by Gasteiger charge is 2.16. The Morgan fingerprint density at radius 1 is 1.04 bits per heavy atom. The van der Waals surface area contributed by atoms with E-state index in [-0.39, 0.29) is 11.8 Å². The van der Waals surface area contributed by atoms with Crippen molar-refractivity contribution in [2.24, 2.45) is 0 Å². The van der Waals surface area contributed by atoms with Crippen LogP contribution in [0, 0.1) is 6.92 Å². The van der Waals surface area contributed by atoms with Gasteiger partial charge in [-0.1, -0.05) is 12.1 Å². The first kappa shape index (κ1) is 19.6. The predicted octanol–water partition coefficient (Wildman–Crippen LogP) is 1.61. The van der Waals surface area contributed by atoms with Gasteiger partial charge in [-0.05, 0) is 30.7 Å². The van der Waals surface area contributed by atoms with E-state index in [9.17, 15) is 9.59 Å². The molecule has 1 aromatic heterocycles. The number of pyridine rings is 1. The number of para-hydroxylation sites is 1. The van der Waals surface area contributed by atoms with Gasteiger partial charge in [0.25, 0.3) is 11.8 Å².